The highest BCUT2D eigenvalue weighted by Crippen LogP contribution is 2.39. The van der Waals surface area contributed by atoms with Gasteiger partial charge in [0, 0.05) is 5.56 Å². The largest absolute Gasteiger partial charge is 0.543 e. The van der Waals surface area contributed by atoms with Crippen LogP contribution in [-0.2, 0) is 4.43 Å². The lowest BCUT2D eigenvalue weighted by Gasteiger charge is -2.37. The third-order valence-electron chi connectivity index (χ3n) is 3.51. The van der Waals surface area contributed by atoms with Gasteiger partial charge >= 0.3 is 0 Å². The second kappa shape index (κ2) is 4.76. The standard InChI is InChI=1S/C14H22FNOSi/c1-10(17-18(5,6)14(2,3)4)11-7-8-13(16)12(15)9-11/h7-9H,1,16H2,2-6H3. The van der Waals surface area contributed by atoms with Crippen molar-refractivity contribution in [3.8, 4) is 0 Å². The summed E-state index contributed by atoms with van der Waals surface area (Å²) in [4.78, 5) is 0. The Balaban J connectivity index is 2.93. The molecule has 0 aromatic heterocycles. The molecule has 100 valence electrons. The molecular formula is C14H22FNOSi. The molecule has 0 atom stereocenters. The number of benzene rings is 1. The van der Waals surface area contributed by atoms with E-state index >= 15 is 0 Å². The molecule has 0 aliphatic carbocycles. The highest BCUT2D eigenvalue weighted by atomic mass is 28.4. The van der Waals surface area contributed by atoms with Crippen LogP contribution in [0.1, 0.15) is 26.3 Å². The van der Waals surface area contributed by atoms with Gasteiger partial charge in [0.05, 0.1) is 5.69 Å². The Bertz CT molecular complexity index is 463. The van der Waals surface area contributed by atoms with Crippen LogP contribution in [0.25, 0.3) is 5.76 Å². The fourth-order valence-electron chi connectivity index (χ4n) is 1.22. The average Bonchev–Trinajstić information content (AvgIpc) is 2.19. The van der Waals surface area contributed by atoms with Gasteiger partial charge in [-0.15, -0.1) is 0 Å². The number of nitrogens with two attached hydrogens (primary N) is 1. The first-order valence-corrected chi connectivity index (χ1v) is 8.89. The molecule has 0 spiro atoms. The Labute approximate surface area is 110 Å². The van der Waals surface area contributed by atoms with Crippen LogP contribution in [-0.4, -0.2) is 8.32 Å². The summed E-state index contributed by atoms with van der Waals surface area (Å²) in [6.07, 6.45) is 0. The molecule has 1 rings (SSSR count). The lowest BCUT2D eigenvalue weighted by Crippen LogP contribution is -2.40. The summed E-state index contributed by atoms with van der Waals surface area (Å²) >= 11 is 0. The normalized spacial score (nSPS) is 12.3. The Morgan fingerprint density at radius 2 is 1.89 bits per heavy atom. The molecule has 18 heavy (non-hydrogen) atoms. The maximum Gasteiger partial charge on any atom is 0.250 e. The minimum absolute atomic E-state index is 0.0856. The van der Waals surface area contributed by atoms with Gasteiger partial charge in [-0.05, 0) is 36.3 Å². The van der Waals surface area contributed by atoms with Crippen LogP contribution in [0.3, 0.4) is 0 Å². The molecule has 1 aromatic rings. The highest BCUT2D eigenvalue weighted by molar-refractivity contribution is 6.74. The van der Waals surface area contributed by atoms with Gasteiger partial charge in [-0.1, -0.05) is 27.4 Å². The number of anilines is 1. The Morgan fingerprint density at radius 3 is 2.33 bits per heavy atom. The zero-order valence-corrected chi connectivity index (χ0v) is 12.8. The zero-order valence-electron chi connectivity index (χ0n) is 11.8. The van der Waals surface area contributed by atoms with E-state index in [4.69, 9.17) is 10.2 Å². The number of halogens is 1. The Morgan fingerprint density at radius 1 is 1.33 bits per heavy atom. The first kappa shape index (κ1) is 14.8. The lowest BCUT2D eigenvalue weighted by atomic mass is 10.2. The molecule has 0 bridgehead atoms. The maximum atomic E-state index is 13.4. The summed E-state index contributed by atoms with van der Waals surface area (Å²) in [5.74, 6) is 0.0768. The summed E-state index contributed by atoms with van der Waals surface area (Å²) in [5.41, 5.74) is 6.23. The number of hydrogen-bond donors (Lipinski definition) is 1. The lowest BCUT2D eigenvalue weighted by molar-refractivity contribution is 0.458. The second-order valence-corrected chi connectivity index (χ2v) is 10.7. The molecule has 0 radical (unpaired) electrons. The van der Waals surface area contributed by atoms with E-state index in [1.165, 1.54) is 12.1 Å². The van der Waals surface area contributed by atoms with Crippen molar-refractivity contribution in [3.63, 3.8) is 0 Å². The predicted octanol–water partition coefficient (Wildman–Crippen LogP) is 4.40. The van der Waals surface area contributed by atoms with E-state index in [9.17, 15) is 4.39 Å². The second-order valence-electron chi connectivity index (χ2n) is 6.02. The third-order valence-corrected chi connectivity index (χ3v) is 7.88. The summed E-state index contributed by atoms with van der Waals surface area (Å²) in [6, 6.07) is 4.63. The van der Waals surface area contributed by atoms with Crippen LogP contribution in [0.5, 0.6) is 0 Å². The van der Waals surface area contributed by atoms with E-state index in [2.05, 4.69) is 40.4 Å². The van der Waals surface area contributed by atoms with Crippen LogP contribution in [0.4, 0.5) is 10.1 Å². The first-order chi connectivity index (χ1) is 8.04. The SMILES string of the molecule is C=C(O[Si](C)(C)C(C)(C)C)c1ccc(N)c(F)c1. The quantitative estimate of drug-likeness (QED) is 0.500. The van der Waals surface area contributed by atoms with Crippen LogP contribution >= 0.6 is 0 Å². The molecule has 2 N–H and O–H groups in total. The third kappa shape index (κ3) is 3.13. The number of nitrogen functional groups attached to an aromatic ring is 1. The average molecular weight is 267 g/mol. The van der Waals surface area contributed by atoms with Gasteiger partial charge in [-0.3, -0.25) is 0 Å². The molecule has 0 aliphatic heterocycles. The van der Waals surface area contributed by atoms with Gasteiger partial charge in [0.15, 0.2) is 0 Å². The monoisotopic (exact) mass is 267 g/mol. The van der Waals surface area contributed by atoms with E-state index < -0.39 is 14.1 Å². The first-order valence-electron chi connectivity index (χ1n) is 5.98. The van der Waals surface area contributed by atoms with Gasteiger partial charge in [0.1, 0.15) is 11.6 Å². The molecular weight excluding hydrogens is 245 g/mol. The van der Waals surface area contributed by atoms with E-state index in [1.807, 2.05) is 0 Å². The van der Waals surface area contributed by atoms with Crippen molar-refractivity contribution in [2.24, 2.45) is 0 Å². The molecule has 0 unspecified atom stereocenters. The summed E-state index contributed by atoms with van der Waals surface area (Å²) in [5, 5.41) is 0.0856. The van der Waals surface area contributed by atoms with E-state index in [0.29, 0.717) is 11.3 Å². The van der Waals surface area contributed by atoms with E-state index in [0.717, 1.165) is 0 Å². The fraction of sp³-hybridized carbons (Fsp3) is 0.429. The van der Waals surface area contributed by atoms with Crippen LogP contribution in [0.2, 0.25) is 18.1 Å². The van der Waals surface area contributed by atoms with Crippen LogP contribution in [0.15, 0.2) is 24.8 Å². The molecule has 4 heteroatoms. The van der Waals surface area contributed by atoms with Gasteiger partial charge in [0.2, 0.25) is 8.32 Å². The Hall–Kier alpha value is -1.29. The summed E-state index contributed by atoms with van der Waals surface area (Å²) in [7, 11) is -1.93. The molecule has 0 saturated heterocycles. The summed E-state index contributed by atoms with van der Waals surface area (Å²) in [6.45, 7) is 14.6. The van der Waals surface area contributed by atoms with Crippen LogP contribution in [0, 0.1) is 5.82 Å². The Kier molecular flexibility index (Phi) is 3.91. The molecule has 0 saturated carbocycles. The van der Waals surface area contributed by atoms with Gasteiger partial charge < -0.3 is 10.2 Å². The molecule has 0 fully saturated rings. The van der Waals surface area contributed by atoms with Crippen molar-refractivity contribution >= 4 is 19.8 Å². The number of hydrogen-bond acceptors (Lipinski definition) is 2. The topological polar surface area (TPSA) is 35.2 Å². The van der Waals surface area contributed by atoms with Crippen molar-refractivity contribution in [1.82, 2.24) is 0 Å². The smallest absolute Gasteiger partial charge is 0.250 e. The minimum Gasteiger partial charge on any atom is -0.543 e. The van der Waals surface area contributed by atoms with Gasteiger partial charge in [-0.25, -0.2) is 4.39 Å². The number of rotatable bonds is 3. The van der Waals surface area contributed by atoms with Crippen molar-refractivity contribution in [2.45, 2.75) is 38.9 Å². The molecule has 0 aliphatic rings. The van der Waals surface area contributed by atoms with Crippen molar-refractivity contribution in [1.29, 1.82) is 0 Å². The minimum atomic E-state index is -1.93. The van der Waals surface area contributed by atoms with E-state index in [1.54, 1.807) is 6.07 Å². The van der Waals surface area contributed by atoms with Gasteiger partial charge in [-0.2, -0.15) is 0 Å². The van der Waals surface area contributed by atoms with Crippen molar-refractivity contribution in [3.05, 3.63) is 36.2 Å². The van der Waals surface area contributed by atoms with E-state index in [-0.39, 0.29) is 10.7 Å². The zero-order chi connectivity index (χ0) is 14.1. The molecule has 2 nitrogen and oxygen atoms in total. The molecule has 0 heterocycles. The highest BCUT2D eigenvalue weighted by Gasteiger charge is 2.39. The van der Waals surface area contributed by atoms with Crippen molar-refractivity contribution < 1.29 is 8.82 Å². The molecule has 1 aromatic carbocycles. The fourth-order valence-corrected chi connectivity index (χ4v) is 2.26. The molecule has 0 amide bonds. The van der Waals surface area contributed by atoms with Crippen LogP contribution < -0.4 is 5.73 Å². The van der Waals surface area contributed by atoms with Crippen molar-refractivity contribution in [2.75, 3.05) is 5.73 Å². The summed E-state index contributed by atoms with van der Waals surface area (Å²) < 4.78 is 19.4. The van der Waals surface area contributed by atoms with Gasteiger partial charge in [0.25, 0.3) is 0 Å². The predicted molar refractivity (Wildman–Crippen MR) is 78.1 cm³/mol. The maximum absolute atomic E-state index is 13.4.